The second-order valence-corrected chi connectivity index (χ2v) is 16.6. The lowest BCUT2D eigenvalue weighted by atomic mass is 9.96. The van der Waals surface area contributed by atoms with Crippen molar-refractivity contribution in [3.05, 3.63) is 57.8 Å². The van der Waals surface area contributed by atoms with Gasteiger partial charge in [0, 0.05) is 38.0 Å². The molecule has 374 valence electrons. The highest BCUT2D eigenvalue weighted by molar-refractivity contribution is 5.91. The molecule has 6 rings (SSSR count). The van der Waals surface area contributed by atoms with E-state index in [0.29, 0.717) is 5.75 Å². The minimum Gasteiger partial charge on any atom is -0.507 e. The first-order chi connectivity index (χ1) is 32.1. The molecular weight excluding hydrogens is 908 g/mol. The van der Waals surface area contributed by atoms with Crippen LogP contribution in [-0.4, -0.2) is 171 Å². The fourth-order valence-corrected chi connectivity index (χ4v) is 7.83. The van der Waals surface area contributed by atoms with Crippen LogP contribution in [-0.2, 0) is 54.0 Å². The summed E-state index contributed by atoms with van der Waals surface area (Å²) >= 11 is 0. The summed E-state index contributed by atoms with van der Waals surface area (Å²) in [7, 11) is 1.43. The third kappa shape index (κ3) is 11.2. The van der Waals surface area contributed by atoms with Crippen molar-refractivity contribution < 1.29 is 107 Å². The first-order valence-electron chi connectivity index (χ1n) is 21.4. The number of ether oxygens (including phenoxy) is 10. The second-order valence-electron chi connectivity index (χ2n) is 16.6. The first-order valence-corrected chi connectivity index (χ1v) is 21.4. The summed E-state index contributed by atoms with van der Waals surface area (Å²) in [5.74, 6) is -4.04. The average Bonchev–Trinajstić information content (AvgIpc) is 3.28. The van der Waals surface area contributed by atoms with Crippen molar-refractivity contribution in [2.24, 2.45) is 0 Å². The van der Waals surface area contributed by atoms with Crippen LogP contribution in [0.4, 0.5) is 0 Å². The molecule has 0 amide bonds. The number of aliphatic hydroxyl groups excluding tert-OH is 7. The van der Waals surface area contributed by atoms with Gasteiger partial charge in [-0.3, -0.25) is 19.2 Å². The maximum atomic E-state index is 14.9. The van der Waals surface area contributed by atoms with E-state index in [1.165, 1.54) is 38.3 Å². The summed E-state index contributed by atoms with van der Waals surface area (Å²) < 4.78 is 63.4. The van der Waals surface area contributed by atoms with Gasteiger partial charge < -0.3 is 92.6 Å². The third-order valence-corrected chi connectivity index (χ3v) is 11.3. The molecule has 0 saturated carbocycles. The van der Waals surface area contributed by atoms with Gasteiger partial charge in [-0.1, -0.05) is 11.6 Å². The van der Waals surface area contributed by atoms with Gasteiger partial charge in [0.15, 0.2) is 24.3 Å². The van der Waals surface area contributed by atoms with Crippen LogP contribution in [0.1, 0.15) is 47.1 Å². The maximum absolute atomic E-state index is 14.9. The number of phenols is 1. The summed E-state index contributed by atoms with van der Waals surface area (Å²) in [4.78, 5) is 51.2. The Morgan fingerprint density at radius 2 is 1.34 bits per heavy atom. The number of rotatable bonds is 15. The number of phenolic OH excluding ortho intramolecular Hbond substituents is 1. The van der Waals surface area contributed by atoms with Gasteiger partial charge in [-0.25, -0.2) is 0 Å². The lowest BCUT2D eigenvalue weighted by Crippen LogP contribution is -2.65. The van der Waals surface area contributed by atoms with E-state index in [0.717, 1.165) is 32.4 Å². The van der Waals surface area contributed by atoms with Crippen LogP contribution in [0, 0.1) is 0 Å². The number of hydrogen-bond donors (Lipinski definition) is 8. The number of aliphatic hydroxyl groups is 7. The number of methoxy groups -OCH3 is 1. The molecule has 1 aromatic heterocycles. The zero-order chi connectivity index (χ0) is 49.9. The topological polar surface area (TPSA) is 336 Å². The highest BCUT2D eigenvalue weighted by atomic mass is 16.8. The second kappa shape index (κ2) is 21.9. The van der Waals surface area contributed by atoms with Crippen molar-refractivity contribution >= 4 is 28.9 Å². The zero-order valence-electron chi connectivity index (χ0n) is 37.9. The van der Waals surface area contributed by atoms with E-state index in [1.54, 1.807) is 19.9 Å². The molecule has 0 radical (unpaired) electrons. The molecule has 8 N–H and O–H groups in total. The summed E-state index contributed by atoms with van der Waals surface area (Å²) in [6.07, 6.45) is -23.9. The first kappa shape index (κ1) is 51.9. The van der Waals surface area contributed by atoms with Gasteiger partial charge >= 0.3 is 17.9 Å². The molecule has 3 saturated heterocycles. The van der Waals surface area contributed by atoms with E-state index in [-0.39, 0.29) is 34.6 Å². The molecule has 2 aromatic carbocycles. The monoisotopic (exact) mass is 964 g/mol. The molecule has 3 aliphatic rings. The van der Waals surface area contributed by atoms with E-state index >= 15 is 0 Å². The van der Waals surface area contributed by atoms with Gasteiger partial charge in [0.1, 0.15) is 89.8 Å². The standard InChI is InChI=1S/C45H56O23/c1-17(2)8-13-24-26(63-43-35(56)33(54)30(51)27(15-46)64-43)14-25(50)29-32(53)40(38(66-39(24)29)22-9-11-23(58-7)12-10-22)67-44-36(57)41(37(18(3)60-44)61-20(5)48)68-45-42(62-21(6)49)34(55)31(52)28(65-45)16-59-19(4)47/h8-12,14,18,27-28,30-31,33-37,41-46,50-52,54-57H,13,15-16H2,1-7H3/t18-,27+,28+,30+,31+,33-,34-,35+,36+,37-,41-,42+,43+,44-,45-/m0/s1. The lowest BCUT2D eigenvalue weighted by Gasteiger charge is -2.46. The van der Waals surface area contributed by atoms with Gasteiger partial charge in [-0.2, -0.15) is 0 Å². The van der Waals surface area contributed by atoms with Gasteiger partial charge in [0.05, 0.1) is 19.8 Å². The minimum absolute atomic E-state index is 0.0272. The Balaban J connectivity index is 1.47. The molecule has 0 aliphatic carbocycles. The molecule has 4 heterocycles. The number of carbonyl (C=O) groups is 3. The predicted molar refractivity (Wildman–Crippen MR) is 228 cm³/mol. The van der Waals surface area contributed by atoms with Gasteiger partial charge in [-0.15, -0.1) is 0 Å². The maximum Gasteiger partial charge on any atom is 0.303 e. The third-order valence-electron chi connectivity index (χ3n) is 11.3. The fraction of sp³-hybridized carbons (Fsp3) is 0.556. The Morgan fingerprint density at radius 3 is 1.94 bits per heavy atom. The zero-order valence-corrected chi connectivity index (χ0v) is 37.9. The molecular formula is C45H56O23. The van der Waals surface area contributed by atoms with Crippen molar-refractivity contribution in [2.45, 2.75) is 140 Å². The summed E-state index contributed by atoms with van der Waals surface area (Å²) in [5.41, 5.74) is -0.180. The lowest BCUT2D eigenvalue weighted by molar-refractivity contribution is -0.351. The number of carbonyl (C=O) groups excluding carboxylic acids is 3. The van der Waals surface area contributed by atoms with Crippen LogP contribution in [0.2, 0.25) is 0 Å². The van der Waals surface area contributed by atoms with Gasteiger partial charge in [0.2, 0.25) is 23.8 Å². The smallest absolute Gasteiger partial charge is 0.303 e. The quantitative estimate of drug-likeness (QED) is 0.0546. The van der Waals surface area contributed by atoms with Crippen molar-refractivity contribution in [2.75, 3.05) is 20.3 Å². The Bertz CT molecular complexity index is 2360. The Labute approximate surface area is 387 Å². The number of hydrogen-bond acceptors (Lipinski definition) is 23. The molecule has 0 unspecified atom stereocenters. The highest BCUT2D eigenvalue weighted by Crippen LogP contribution is 2.42. The van der Waals surface area contributed by atoms with E-state index in [1.807, 2.05) is 0 Å². The number of esters is 3. The van der Waals surface area contributed by atoms with E-state index < -0.39 is 146 Å². The van der Waals surface area contributed by atoms with E-state index in [4.69, 9.17) is 51.8 Å². The Kier molecular flexibility index (Phi) is 16.7. The Morgan fingerprint density at radius 1 is 0.721 bits per heavy atom. The SMILES string of the molecule is COc1ccc(-c2oc3c(CC=C(C)C)c(O[C@@H]4O[C@H](CO)[C@@H](O)[C@H](O)[C@H]4O)cc(O)c3c(=O)c2O[C@@H]2O[C@@H](C)[C@H](OC(C)=O)[C@@H](O[C@@H]3O[C@H](COC(C)=O)[C@@H](O)[C@H](O)[C@H]3OC(C)=O)[C@H]2O)cc1. The van der Waals surface area contributed by atoms with Crippen LogP contribution in [0.5, 0.6) is 23.0 Å². The van der Waals surface area contributed by atoms with Crippen LogP contribution >= 0.6 is 0 Å². The molecule has 3 fully saturated rings. The number of aromatic hydroxyl groups is 1. The normalized spacial score (nSPS) is 31.6. The van der Waals surface area contributed by atoms with Crippen LogP contribution in [0.15, 0.2) is 51.2 Å². The number of allylic oxidation sites excluding steroid dienone is 2. The molecule has 0 spiro atoms. The molecule has 23 nitrogen and oxygen atoms in total. The molecule has 3 aromatic rings. The molecule has 23 heteroatoms. The average molecular weight is 965 g/mol. The van der Waals surface area contributed by atoms with Crippen molar-refractivity contribution in [3.63, 3.8) is 0 Å². The summed E-state index contributed by atoms with van der Waals surface area (Å²) in [6.45, 7) is 6.78. The van der Waals surface area contributed by atoms with Crippen molar-refractivity contribution in [1.29, 1.82) is 0 Å². The number of benzene rings is 2. The predicted octanol–water partition coefficient (Wildman–Crippen LogP) is -0.395. The molecule has 0 bridgehead atoms. The molecule has 3 aliphatic heterocycles. The molecule has 68 heavy (non-hydrogen) atoms. The minimum atomic E-state index is -2.05. The van der Waals surface area contributed by atoms with Crippen molar-refractivity contribution in [3.8, 4) is 34.3 Å². The van der Waals surface area contributed by atoms with E-state index in [2.05, 4.69) is 0 Å². The Hall–Kier alpha value is -5.44. The summed E-state index contributed by atoms with van der Waals surface area (Å²) in [6, 6.07) is 7.11. The summed E-state index contributed by atoms with van der Waals surface area (Å²) in [5, 5.41) is 86.6. The largest absolute Gasteiger partial charge is 0.507 e. The van der Waals surface area contributed by atoms with Gasteiger partial charge in [-0.05, 0) is 51.5 Å². The highest BCUT2D eigenvalue weighted by Gasteiger charge is 2.54. The van der Waals surface area contributed by atoms with Crippen LogP contribution in [0.25, 0.3) is 22.3 Å². The van der Waals surface area contributed by atoms with Crippen LogP contribution in [0.3, 0.4) is 0 Å². The van der Waals surface area contributed by atoms with Crippen molar-refractivity contribution in [1.82, 2.24) is 0 Å². The van der Waals surface area contributed by atoms with Crippen LogP contribution < -0.4 is 19.6 Å². The molecule has 15 atom stereocenters. The fourth-order valence-electron chi connectivity index (χ4n) is 7.83. The van der Waals surface area contributed by atoms with Gasteiger partial charge in [0.25, 0.3) is 0 Å². The number of fused-ring (bicyclic) bond motifs is 1. The van der Waals surface area contributed by atoms with E-state index in [9.17, 15) is 60.0 Å².